The van der Waals surface area contributed by atoms with Gasteiger partial charge in [0.1, 0.15) is 5.82 Å². The number of nitrogens with one attached hydrogen (secondary N) is 1. The lowest BCUT2D eigenvalue weighted by Crippen LogP contribution is -2.41. The number of carbonyl (C=O) groups excluding carboxylic acids is 1. The first-order valence-corrected chi connectivity index (χ1v) is 7.77. The molecule has 1 amide bonds. The number of rotatable bonds is 5. The van der Waals surface area contributed by atoms with Gasteiger partial charge in [0.2, 0.25) is 5.71 Å². The van der Waals surface area contributed by atoms with Gasteiger partial charge in [0, 0.05) is 18.0 Å². The molecule has 0 saturated carbocycles. The van der Waals surface area contributed by atoms with Gasteiger partial charge in [-0.3, -0.25) is 15.2 Å². The number of pyridine rings is 2. The van der Waals surface area contributed by atoms with E-state index in [1.807, 2.05) is 48.5 Å². The van der Waals surface area contributed by atoms with E-state index in [9.17, 15) is 4.79 Å². The standard InChI is InChI=1S/C19H17N5O/c20-17(13-6-2-1-3-7-13)16-10-14(11-23-18(16)21)19(25)24-12-15-8-4-5-9-22-15/h1-11,20H,12H2,(H2,21,23)(H,24,25)/p+1. The summed E-state index contributed by atoms with van der Waals surface area (Å²) in [6.45, 7) is 0.331. The van der Waals surface area contributed by atoms with Crippen molar-refractivity contribution in [1.29, 1.82) is 0 Å². The van der Waals surface area contributed by atoms with E-state index in [1.54, 1.807) is 12.3 Å². The van der Waals surface area contributed by atoms with Crippen molar-refractivity contribution in [2.24, 2.45) is 0 Å². The minimum atomic E-state index is -0.264. The summed E-state index contributed by atoms with van der Waals surface area (Å²) in [5, 5.41) is 9.01. The Morgan fingerprint density at radius 3 is 2.52 bits per heavy atom. The molecule has 0 aliphatic heterocycles. The first-order valence-electron chi connectivity index (χ1n) is 7.77. The first kappa shape index (κ1) is 16.3. The van der Waals surface area contributed by atoms with Gasteiger partial charge in [0.05, 0.1) is 23.4 Å². The zero-order chi connectivity index (χ0) is 17.6. The lowest BCUT2D eigenvalue weighted by Gasteiger charge is -2.08. The van der Waals surface area contributed by atoms with Gasteiger partial charge in [0.25, 0.3) is 5.91 Å². The van der Waals surface area contributed by atoms with Crippen LogP contribution in [0.3, 0.4) is 0 Å². The quantitative estimate of drug-likeness (QED) is 0.594. The SMILES string of the molecule is Nc1ncc(C(=O)NCc2ccccn2)cc1C(=[NH2+])c1ccccc1. The van der Waals surface area contributed by atoms with Crippen LogP contribution >= 0.6 is 0 Å². The molecule has 0 unspecified atom stereocenters. The normalized spacial score (nSPS) is 10.2. The topological polar surface area (TPSA) is 106 Å². The van der Waals surface area contributed by atoms with E-state index >= 15 is 0 Å². The van der Waals surface area contributed by atoms with Crippen LogP contribution in [-0.2, 0) is 6.54 Å². The molecule has 0 bridgehead atoms. The molecule has 5 N–H and O–H groups in total. The summed E-state index contributed by atoms with van der Waals surface area (Å²) in [5.74, 6) is 0.0166. The lowest BCUT2D eigenvalue weighted by atomic mass is 10.0. The summed E-state index contributed by atoms with van der Waals surface area (Å²) in [7, 11) is 0. The average molecular weight is 332 g/mol. The second-order valence-electron chi connectivity index (χ2n) is 5.44. The molecule has 0 radical (unpaired) electrons. The van der Waals surface area contributed by atoms with Crippen LogP contribution in [-0.4, -0.2) is 21.6 Å². The van der Waals surface area contributed by atoms with Gasteiger partial charge >= 0.3 is 0 Å². The third-order valence-electron chi connectivity index (χ3n) is 3.71. The lowest BCUT2D eigenvalue weighted by molar-refractivity contribution is -0.111. The maximum atomic E-state index is 12.4. The van der Waals surface area contributed by atoms with E-state index in [4.69, 9.17) is 11.1 Å². The molecule has 0 atom stereocenters. The van der Waals surface area contributed by atoms with Gasteiger partial charge in [-0.2, -0.15) is 0 Å². The Morgan fingerprint density at radius 2 is 1.80 bits per heavy atom. The highest BCUT2D eigenvalue weighted by Gasteiger charge is 2.17. The fourth-order valence-corrected chi connectivity index (χ4v) is 2.36. The molecule has 6 heteroatoms. The van der Waals surface area contributed by atoms with Crippen molar-refractivity contribution in [1.82, 2.24) is 15.3 Å². The number of nitrogens with two attached hydrogens (primary N) is 2. The molecule has 2 heterocycles. The molecule has 0 spiro atoms. The van der Waals surface area contributed by atoms with E-state index in [-0.39, 0.29) is 11.7 Å². The summed E-state index contributed by atoms with van der Waals surface area (Å²) in [6, 6.07) is 16.6. The van der Waals surface area contributed by atoms with Crippen LogP contribution in [0.25, 0.3) is 0 Å². The smallest absolute Gasteiger partial charge is 0.253 e. The molecule has 0 aliphatic rings. The number of aromatic nitrogens is 2. The second kappa shape index (κ2) is 7.35. The largest absolute Gasteiger partial charge is 0.383 e. The van der Waals surface area contributed by atoms with Crippen molar-refractivity contribution in [2.75, 3.05) is 5.73 Å². The zero-order valence-corrected chi connectivity index (χ0v) is 13.5. The molecule has 124 valence electrons. The van der Waals surface area contributed by atoms with Crippen LogP contribution in [0.4, 0.5) is 5.82 Å². The van der Waals surface area contributed by atoms with Gasteiger partial charge in [-0.05, 0) is 30.3 Å². The maximum absolute atomic E-state index is 12.4. The van der Waals surface area contributed by atoms with Crippen LogP contribution < -0.4 is 16.5 Å². The van der Waals surface area contributed by atoms with E-state index in [2.05, 4.69) is 15.3 Å². The van der Waals surface area contributed by atoms with Crippen LogP contribution in [0, 0.1) is 0 Å². The number of carbonyl (C=O) groups is 1. The Kier molecular flexibility index (Phi) is 4.80. The average Bonchev–Trinajstić information content (AvgIpc) is 2.67. The number of anilines is 1. The molecule has 1 aromatic carbocycles. The Balaban J connectivity index is 1.79. The second-order valence-corrected chi connectivity index (χ2v) is 5.44. The first-order chi connectivity index (χ1) is 12.1. The number of nitrogens with zero attached hydrogens (tertiary/aromatic N) is 2. The maximum Gasteiger partial charge on any atom is 0.253 e. The summed E-state index contributed by atoms with van der Waals surface area (Å²) < 4.78 is 0. The molecular weight excluding hydrogens is 314 g/mol. The molecule has 3 aromatic rings. The number of amides is 1. The van der Waals surface area contributed by atoms with Crippen molar-refractivity contribution in [3.63, 3.8) is 0 Å². The van der Waals surface area contributed by atoms with Crippen molar-refractivity contribution in [3.05, 3.63) is 89.4 Å². The van der Waals surface area contributed by atoms with Crippen LogP contribution in [0.2, 0.25) is 0 Å². The van der Waals surface area contributed by atoms with Crippen molar-refractivity contribution < 1.29 is 10.2 Å². The Morgan fingerprint density at radius 1 is 1.04 bits per heavy atom. The number of hydrogen-bond acceptors (Lipinski definition) is 4. The third-order valence-corrected chi connectivity index (χ3v) is 3.71. The van der Waals surface area contributed by atoms with Crippen LogP contribution in [0.15, 0.2) is 67.0 Å². The van der Waals surface area contributed by atoms with Gasteiger partial charge in [-0.15, -0.1) is 0 Å². The van der Waals surface area contributed by atoms with Crippen molar-refractivity contribution >= 4 is 17.4 Å². The number of hydrogen-bond donors (Lipinski definition) is 3. The summed E-state index contributed by atoms with van der Waals surface area (Å²) in [5.41, 5.74) is 8.94. The Labute approximate surface area is 145 Å². The van der Waals surface area contributed by atoms with E-state index in [1.165, 1.54) is 6.20 Å². The van der Waals surface area contributed by atoms with Crippen molar-refractivity contribution in [2.45, 2.75) is 6.54 Å². The molecule has 0 fully saturated rings. The Bertz CT molecular complexity index is 894. The van der Waals surface area contributed by atoms with Gasteiger partial charge in [0.15, 0.2) is 0 Å². The molecule has 2 aromatic heterocycles. The minimum absolute atomic E-state index is 0.264. The van der Waals surface area contributed by atoms with Gasteiger partial charge < -0.3 is 11.1 Å². The molecule has 3 rings (SSSR count). The highest BCUT2D eigenvalue weighted by atomic mass is 16.1. The summed E-state index contributed by atoms with van der Waals surface area (Å²) in [4.78, 5) is 20.6. The Hall–Kier alpha value is -3.54. The van der Waals surface area contributed by atoms with Crippen molar-refractivity contribution in [3.8, 4) is 0 Å². The zero-order valence-electron chi connectivity index (χ0n) is 13.5. The monoisotopic (exact) mass is 332 g/mol. The number of benzene rings is 1. The molecule has 0 saturated heterocycles. The summed E-state index contributed by atoms with van der Waals surface area (Å²) in [6.07, 6.45) is 3.12. The highest BCUT2D eigenvalue weighted by molar-refractivity contribution is 6.12. The van der Waals surface area contributed by atoms with Crippen LogP contribution in [0.5, 0.6) is 0 Å². The predicted octanol–water partition coefficient (Wildman–Crippen LogP) is 0.585. The third kappa shape index (κ3) is 3.87. The molecular formula is C19H18N5O+. The molecule has 6 nitrogen and oxygen atoms in total. The van der Waals surface area contributed by atoms with Gasteiger partial charge in [-0.25, -0.2) is 4.98 Å². The van der Waals surface area contributed by atoms with E-state index in [0.29, 0.717) is 23.4 Å². The van der Waals surface area contributed by atoms with Crippen LogP contribution in [0.1, 0.15) is 27.2 Å². The molecule has 25 heavy (non-hydrogen) atoms. The van der Waals surface area contributed by atoms with E-state index in [0.717, 1.165) is 11.3 Å². The fourth-order valence-electron chi connectivity index (χ4n) is 2.36. The van der Waals surface area contributed by atoms with E-state index < -0.39 is 0 Å². The summed E-state index contributed by atoms with van der Waals surface area (Å²) >= 11 is 0. The number of nitrogen functional groups attached to an aromatic ring is 1. The van der Waals surface area contributed by atoms with Gasteiger partial charge in [-0.1, -0.05) is 24.3 Å². The predicted molar refractivity (Wildman–Crippen MR) is 95.6 cm³/mol. The fraction of sp³-hybridized carbons (Fsp3) is 0.0526. The highest BCUT2D eigenvalue weighted by Crippen LogP contribution is 2.15. The molecule has 0 aliphatic carbocycles. The minimum Gasteiger partial charge on any atom is -0.383 e.